The Kier molecular flexibility index (Phi) is 4.93. The lowest BCUT2D eigenvalue weighted by Crippen LogP contribution is -2.51. The number of rotatable bonds is 3. The van der Waals surface area contributed by atoms with Crippen LogP contribution in [0.1, 0.15) is 36.0 Å². The SMILES string of the molecule is Cc1ccc(CNC(=O)[C@@H]2CCCCN2C2=NS(=O)(=O)c3ccccc32)cc1. The van der Waals surface area contributed by atoms with Crippen molar-refractivity contribution in [1.29, 1.82) is 0 Å². The molecular formula is C21H23N3O3S. The second-order valence-corrected chi connectivity index (χ2v) is 8.87. The number of amidine groups is 1. The number of hydrogen-bond acceptors (Lipinski definition) is 4. The molecule has 0 radical (unpaired) electrons. The van der Waals surface area contributed by atoms with Gasteiger partial charge in [0.1, 0.15) is 10.9 Å². The van der Waals surface area contributed by atoms with E-state index in [9.17, 15) is 13.2 Å². The van der Waals surface area contributed by atoms with E-state index in [0.717, 1.165) is 18.4 Å². The average molecular weight is 398 g/mol. The van der Waals surface area contributed by atoms with E-state index in [1.807, 2.05) is 36.1 Å². The highest BCUT2D eigenvalue weighted by atomic mass is 32.2. The summed E-state index contributed by atoms with van der Waals surface area (Å²) in [5.41, 5.74) is 2.79. The summed E-state index contributed by atoms with van der Waals surface area (Å²) < 4.78 is 28.8. The van der Waals surface area contributed by atoms with Crippen molar-refractivity contribution in [2.24, 2.45) is 4.40 Å². The summed E-state index contributed by atoms with van der Waals surface area (Å²) in [6.45, 7) is 3.09. The van der Waals surface area contributed by atoms with Crippen LogP contribution in [-0.2, 0) is 21.4 Å². The Morgan fingerprint density at radius 3 is 2.68 bits per heavy atom. The number of hydrogen-bond donors (Lipinski definition) is 1. The molecule has 28 heavy (non-hydrogen) atoms. The van der Waals surface area contributed by atoms with Gasteiger partial charge in [-0.15, -0.1) is 4.40 Å². The number of sulfonamides is 1. The monoisotopic (exact) mass is 397 g/mol. The van der Waals surface area contributed by atoms with Crippen molar-refractivity contribution < 1.29 is 13.2 Å². The van der Waals surface area contributed by atoms with Gasteiger partial charge in [0.2, 0.25) is 5.91 Å². The largest absolute Gasteiger partial charge is 0.350 e. The first-order valence-corrected chi connectivity index (χ1v) is 10.9. The van der Waals surface area contributed by atoms with Crippen LogP contribution in [0.15, 0.2) is 57.8 Å². The van der Waals surface area contributed by atoms with E-state index < -0.39 is 16.1 Å². The van der Waals surface area contributed by atoms with Gasteiger partial charge in [0.05, 0.1) is 0 Å². The van der Waals surface area contributed by atoms with E-state index >= 15 is 0 Å². The first-order chi connectivity index (χ1) is 13.5. The molecular weight excluding hydrogens is 374 g/mol. The second-order valence-electron chi connectivity index (χ2n) is 7.29. The van der Waals surface area contributed by atoms with Gasteiger partial charge in [-0.25, -0.2) is 0 Å². The number of fused-ring (bicyclic) bond motifs is 1. The molecule has 4 rings (SSSR count). The molecule has 0 saturated carbocycles. The molecule has 1 amide bonds. The number of aryl methyl sites for hydroxylation is 1. The minimum absolute atomic E-state index is 0.0928. The summed E-state index contributed by atoms with van der Waals surface area (Å²) in [7, 11) is -3.70. The van der Waals surface area contributed by atoms with E-state index in [0.29, 0.717) is 30.9 Å². The predicted octanol–water partition coefficient (Wildman–Crippen LogP) is 2.61. The molecule has 2 heterocycles. The van der Waals surface area contributed by atoms with Crippen molar-refractivity contribution >= 4 is 21.8 Å². The van der Waals surface area contributed by atoms with E-state index in [1.165, 1.54) is 5.56 Å². The first kappa shape index (κ1) is 18.7. The van der Waals surface area contributed by atoms with Crippen LogP contribution in [0.4, 0.5) is 0 Å². The van der Waals surface area contributed by atoms with Crippen LogP contribution in [0.2, 0.25) is 0 Å². The van der Waals surface area contributed by atoms with Crippen LogP contribution in [0, 0.1) is 6.92 Å². The molecule has 1 N–H and O–H groups in total. The highest BCUT2D eigenvalue weighted by molar-refractivity contribution is 7.90. The van der Waals surface area contributed by atoms with Crippen LogP contribution >= 0.6 is 0 Å². The molecule has 0 aromatic heterocycles. The lowest BCUT2D eigenvalue weighted by atomic mass is 9.99. The number of benzene rings is 2. The Balaban J connectivity index is 1.55. The normalized spacial score (nSPS) is 20.4. The molecule has 2 aromatic carbocycles. The molecule has 0 aliphatic carbocycles. The van der Waals surface area contributed by atoms with Gasteiger partial charge in [0.25, 0.3) is 10.0 Å². The quantitative estimate of drug-likeness (QED) is 0.864. The second kappa shape index (κ2) is 7.39. The predicted molar refractivity (Wildman–Crippen MR) is 108 cm³/mol. The zero-order chi connectivity index (χ0) is 19.7. The number of carbonyl (C=O) groups is 1. The van der Waals surface area contributed by atoms with Gasteiger partial charge < -0.3 is 10.2 Å². The molecule has 1 fully saturated rings. The third-order valence-electron chi connectivity index (χ3n) is 5.28. The van der Waals surface area contributed by atoms with Crippen molar-refractivity contribution in [3.05, 3.63) is 65.2 Å². The number of likely N-dealkylation sites (tertiary alicyclic amines) is 1. The van der Waals surface area contributed by atoms with Gasteiger partial charge in [-0.2, -0.15) is 8.42 Å². The lowest BCUT2D eigenvalue weighted by Gasteiger charge is -2.36. The van der Waals surface area contributed by atoms with Crippen LogP contribution in [0.25, 0.3) is 0 Å². The minimum atomic E-state index is -3.70. The molecule has 2 aromatic rings. The van der Waals surface area contributed by atoms with Gasteiger partial charge in [-0.3, -0.25) is 4.79 Å². The Morgan fingerprint density at radius 2 is 1.89 bits per heavy atom. The molecule has 1 atom stereocenters. The van der Waals surface area contributed by atoms with Crippen molar-refractivity contribution in [2.45, 2.75) is 43.7 Å². The third kappa shape index (κ3) is 3.54. The fraction of sp³-hybridized carbons (Fsp3) is 0.333. The maximum Gasteiger partial charge on any atom is 0.285 e. The fourth-order valence-electron chi connectivity index (χ4n) is 3.77. The molecule has 1 saturated heterocycles. The highest BCUT2D eigenvalue weighted by Gasteiger charge is 2.37. The third-order valence-corrected chi connectivity index (χ3v) is 6.60. The average Bonchev–Trinajstić information content (AvgIpc) is 2.98. The zero-order valence-corrected chi connectivity index (χ0v) is 16.6. The van der Waals surface area contributed by atoms with Crippen molar-refractivity contribution in [1.82, 2.24) is 10.2 Å². The molecule has 0 spiro atoms. The van der Waals surface area contributed by atoms with Crippen LogP contribution in [0.5, 0.6) is 0 Å². The Morgan fingerprint density at radius 1 is 1.14 bits per heavy atom. The standard InChI is InChI=1S/C21H23N3O3S/c1-15-9-11-16(12-10-15)14-22-21(25)18-7-4-5-13-24(18)20-17-6-2-3-8-19(17)28(26,27)23-20/h2-3,6,8-12,18H,4-5,7,13-14H2,1H3,(H,22,25)/t18-/m0/s1. The topological polar surface area (TPSA) is 78.8 Å². The molecule has 146 valence electrons. The summed E-state index contributed by atoms with van der Waals surface area (Å²) in [6.07, 6.45) is 2.52. The highest BCUT2D eigenvalue weighted by Crippen LogP contribution is 2.30. The van der Waals surface area contributed by atoms with Crippen LogP contribution < -0.4 is 5.32 Å². The molecule has 6 nitrogen and oxygen atoms in total. The maximum absolute atomic E-state index is 12.9. The molecule has 0 bridgehead atoms. The van der Waals surface area contributed by atoms with E-state index in [2.05, 4.69) is 9.71 Å². The number of piperidine rings is 1. The molecule has 0 unspecified atom stereocenters. The fourth-order valence-corrected chi connectivity index (χ4v) is 4.98. The van der Waals surface area contributed by atoms with Gasteiger partial charge in [-0.1, -0.05) is 42.0 Å². The van der Waals surface area contributed by atoms with Crippen molar-refractivity contribution in [2.75, 3.05) is 6.54 Å². The summed E-state index contributed by atoms with van der Waals surface area (Å²) in [5, 5.41) is 3.00. The van der Waals surface area contributed by atoms with Gasteiger partial charge in [0, 0.05) is 18.7 Å². The van der Waals surface area contributed by atoms with Crippen molar-refractivity contribution in [3.8, 4) is 0 Å². The first-order valence-electron chi connectivity index (χ1n) is 9.50. The number of carbonyl (C=O) groups excluding carboxylic acids is 1. The Labute approximate surface area is 165 Å². The van der Waals surface area contributed by atoms with Gasteiger partial charge >= 0.3 is 0 Å². The van der Waals surface area contributed by atoms with Gasteiger partial charge in [0.15, 0.2) is 5.84 Å². The summed E-state index contributed by atoms with van der Waals surface area (Å²) >= 11 is 0. The van der Waals surface area contributed by atoms with Crippen LogP contribution in [-0.4, -0.2) is 37.6 Å². The van der Waals surface area contributed by atoms with Crippen LogP contribution in [0.3, 0.4) is 0 Å². The summed E-state index contributed by atoms with van der Waals surface area (Å²) in [4.78, 5) is 15.0. The zero-order valence-electron chi connectivity index (χ0n) is 15.8. The summed E-state index contributed by atoms with van der Waals surface area (Å²) in [6, 6.07) is 14.4. The number of nitrogens with one attached hydrogen (secondary N) is 1. The number of nitrogens with zero attached hydrogens (tertiary/aromatic N) is 2. The Hall–Kier alpha value is -2.67. The van der Waals surface area contributed by atoms with E-state index in [4.69, 9.17) is 0 Å². The van der Waals surface area contributed by atoms with E-state index in [-0.39, 0.29) is 10.8 Å². The summed E-state index contributed by atoms with van der Waals surface area (Å²) in [5.74, 6) is 0.301. The lowest BCUT2D eigenvalue weighted by molar-refractivity contribution is -0.126. The molecule has 2 aliphatic heterocycles. The van der Waals surface area contributed by atoms with Crippen molar-refractivity contribution in [3.63, 3.8) is 0 Å². The minimum Gasteiger partial charge on any atom is -0.350 e. The Bertz CT molecular complexity index is 1030. The van der Waals surface area contributed by atoms with E-state index in [1.54, 1.807) is 24.3 Å². The molecule has 7 heteroatoms. The molecule has 2 aliphatic rings. The maximum atomic E-state index is 12.9. The number of amides is 1. The smallest absolute Gasteiger partial charge is 0.285 e. The van der Waals surface area contributed by atoms with Gasteiger partial charge in [-0.05, 0) is 43.9 Å².